The molecule has 0 aliphatic carbocycles. The van der Waals surface area contributed by atoms with Crippen molar-refractivity contribution in [2.75, 3.05) is 30.9 Å². The number of nitrogens with zero attached hydrogens (tertiary/aromatic N) is 6. The number of pyridine rings is 1. The summed E-state index contributed by atoms with van der Waals surface area (Å²) in [5, 5.41) is 0.182. The lowest BCUT2D eigenvalue weighted by molar-refractivity contribution is 0.823. The van der Waals surface area contributed by atoms with E-state index in [2.05, 4.69) is 19.9 Å². The molecular weight excluding hydrogens is 264 g/mol. The van der Waals surface area contributed by atoms with Crippen LogP contribution < -0.4 is 9.80 Å². The summed E-state index contributed by atoms with van der Waals surface area (Å²) in [4.78, 5) is 20.5. The number of hydrogen-bond acceptors (Lipinski definition) is 6. The number of rotatable bonds is 4. The molecule has 2 rings (SSSR count). The minimum atomic E-state index is 0.182. The molecule has 2 heterocycles. The van der Waals surface area contributed by atoms with Gasteiger partial charge in [-0.1, -0.05) is 6.07 Å². The Labute approximate surface area is 117 Å². The number of anilines is 2. The molecule has 0 fully saturated rings. The molecule has 0 bridgehead atoms. The van der Waals surface area contributed by atoms with E-state index in [9.17, 15) is 0 Å². The zero-order valence-electron chi connectivity index (χ0n) is 11.1. The summed E-state index contributed by atoms with van der Waals surface area (Å²) in [5.74, 6) is 1.05. The minimum Gasteiger partial charge on any atom is -0.347 e. The lowest BCUT2D eigenvalue weighted by Gasteiger charge is -2.18. The maximum atomic E-state index is 5.91. The van der Waals surface area contributed by atoms with Crippen LogP contribution in [0.2, 0.25) is 5.28 Å². The van der Waals surface area contributed by atoms with Crippen LogP contribution in [0.4, 0.5) is 11.9 Å². The molecule has 6 nitrogen and oxygen atoms in total. The van der Waals surface area contributed by atoms with Gasteiger partial charge in [0.25, 0.3) is 0 Å². The van der Waals surface area contributed by atoms with E-state index in [0.717, 1.165) is 5.69 Å². The first-order valence-electron chi connectivity index (χ1n) is 5.76. The quantitative estimate of drug-likeness (QED) is 0.847. The van der Waals surface area contributed by atoms with Gasteiger partial charge in [-0.05, 0) is 23.7 Å². The highest BCUT2D eigenvalue weighted by Crippen LogP contribution is 2.15. The SMILES string of the molecule is CN(C)c1nc(Cl)nc(N(C)Cc2ccccn2)n1. The van der Waals surface area contributed by atoms with E-state index in [1.807, 2.05) is 44.2 Å². The molecule has 0 aliphatic rings. The van der Waals surface area contributed by atoms with Crippen molar-refractivity contribution < 1.29 is 0 Å². The van der Waals surface area contributed by atoms with Crippen LogP contribution in [-0.2, 0) is 6.54 Å². The Morgan fingerprint density at radius 3 is 2.42 bits per heavy atom. The molecule has 0 N–H and O–H groups in total. The van der Waals surface area contributed by atoms with Gasteiger partial charge in [0.2, 0.25) is 17.2 Å². The average Bonchev–Trinajstić information content (AvgIpc) is 2.39. The molecule has 19 heavy (non-hydrogen) atoms. The van der Waals surface area contributed by atoms with E-state index in [1.165, 1.54) is 0 Å². The van der Waals surface area contributed by atoms with E-state index in [4.69, 9.17) is 11.6 Å². The van der Waals surface area contributed by atoms with Gasteiger partial charge in [-0.25, -0.2) is 0 Å². The van der Waals surface area contributed by atoms with E-state index < -0.39 is 0 Å². The highest BCUT2D eigenvalue weighted by atomic mass is 35.5. The van der Waals surface area contributed by atoms with E-state index in [0.29, 0.717) is 18.4 Å². The van der Waals surface area contributed by atoms with Crippen molar-refractivity contribution in [2.45, 2.75) is 6.54 Å². The molecule has 0 saturated heterocycles. The van der Waals surface area contributed by atoms with Crippen molar-refractivity contribution >= 4 is 23.5 Å². The fourth-order valence-electron chi connectivity index (χ4n) is 1.51. The monoisotopic (exact) mass is 278 g/mol. The Morgan fingerprint density at radius 2 is 1.79 bits per heavy atom. The predicted molar refractivity (Wildman–Crippen MR) is 75.5 cm³/mol. The van der Waals surface area contributed by atoms with E-state index in [1.54, 1.807) is 11.1 Å². The van der Waals surface area contributed by atoms with Gasteiger partial charge in [-0.3, -0.25) is 4.98 Å². The van der Waals surface area contributed by atoms with Crippen molar-refractivity contribution in [1.82, 2.24) is 19.9 Å². The molecule has 0 unspecified atom stereocenters. The Bertz CT molecular complexity index is 545. The summed E-state index contributed by atoms with van der Waals surface area (Å²) in [6.07, 6.45) is 1.76. The van der Waals surface area contributed by atoms with Crippen molar-refractivity contribution in [3.63, 3.8) is 0 Å². The van der Waals surface area contributed by atoms with Crippen LogP contribution in [0.5, 0.6) is 0 Å². The third kappa shape index (κ3) is 3.51. The minimum absolute atomic E-state index is 0.182. The molecule has 0 aliphatic heterocycles. The second-order valence-electron chi connectivity index (χ2n) is 4.28. The van der Waals surface area contributed by atoms with Gasteiger partial charge >= 0.3 is 0 Å². The van der Waals surface area contributed by atoms with Crippen molar-refractivity contribution in [3.8, 4) is 0 Å². The topological polar surface area (TPSA) is 58.0 Å². The van der Waals surface area contributed by atoms with Crippen LogP contribution >= 0.6 is 11.6 Å². The van der Waals surface area contributed by atoms with Gasteiger partial charge in [0.1, 0.15) is 0 Å². The Balaban J connectivity index is 2.21. The Hall–Kier alpha value is -1.95. The first-order chi connectivity index (χ1) is 9.06. The fourth-order valence-corrected chi connectivity index (χ4v) is 1.66. The normalized spacial score (nSPS) is 10.3. The maximum absolute atomic E-state index is 5.91. The number of hydrogen-bond donors (Lipinski definition) is 0. The summed E-state index contributed by atoms with van der Waals surface area (Å²) < 4.78 is 0. The Kier molecular flexibility index (Phi) is 4.11. The highest BCUT2D eigenvalue weighted by Gasteiger charge is 2.11. The molecular formula is C12H15ClN6. The molecule has 0 aromatic carbocycles. The van der Waals surface area contributed by atoms with Crippen LogP contribution in [0, 0.1) is 0 Å². The molecule has 0 atom stereocenters. The fraction of sp³-hybridized carbons (Fsp3) is 0.333. The molecule has 2 aromatic heterocycles. The summed E-state index contributed by atoms with van der Waals surface area (Å²) >= 11 is 5.91. The van der Waals surface area contributed by atoms with Crippen LogP contribution in [0.25, 0.3) is 0 Å². The third-order valence-corrected chi connectivity index (χ3v) is 2.62. The smallest absolute Gasteiger partial charge is 0.231 e. The molecule has 0 saturated carbocycles. The van der Waals surface area contributed by atoms with E-state index >= 15 is 0 Å². The summed E-state index contributed by atoms with van der Waals surface area (Å²) in [5.41, 5.74) is 0.938. The predicted octanol–water partition coefficient (Wildman–Crippen LogP) is 1.62. The van der Waals surface area contributed by atoms with Gasteiger partial charge in [-0.2, -0.15) is 15.0 Å². The highest BCUT2D eigenvalue weighted by molar-refractivity contribution is 6.28. The molecule has 7 heteroatoms. The second-order valence-corrected chi connectivity index (χ2v) is 4.61. The standard InChI is InChI=1S/C12H15ClN6/c1-18(2)11-15-10(13)16-12(17-11)19(3)8-9-6-4-5-7-14-9/h4-7H,8H2,1-3H3. The molecule has 2 aromatic rings. The third-order valence-electron chi connectivity index (χ3n) is 2.45. The van der Waals surface area contributed by atoms with Crippen molar-refractivity contribution in [2.24, 2.45) is 0 Å². The lowest BCUT2D eigenvalue weighted by atomic mass is 10.3. The van der Waals surface area contributed by atoms with Crippen molar-refractivity contribution in [1.29, 1.82) is 0 Å². The van der Waals surface area contributed by atoms with Crippen molar-refractivity contribution in [3.05, 3.63) is 35.4 Å². The summed E-state index contributed by atoms with van der Waals surface area (Å²) in [6.45, 7) is 0.605. The van der Waals surface area contributed by atoms with Gasteiger partial charge in [0.05, 0.1) is 12.2 Å². The van der Waals surface area contributed by atoms with Crippen LogP contribution in [-0.4, -0.2) is 41.1 Å². The van der Waals surface area contributed by atoms with Crippen LogP contribution in [0.1, 0.15) is 5.69 Å². The first kappa shape index (κ1) is 13.5. The molecule has 100 valence electrons. The zero-order valence-corrected chi connectivity index (χ0v) is 11.8. The van der Waals surface area contributed by atoms with Crippen LogP contribution in [0.15, 0.2) is 24.4 Å². The first-order valence-corrected chi connectivity index (χ1v) is 6.14. The molecule has 0 amide bonds. The number of aromatic nitrogens is 4. The number of halogens is 1. The van der Waals surface area contributed by atoms with Crippen LogP contribution in [0.3, 0.4) is 0 Å². The van der Waals surface area contributed by atoms with Gasteiger partial charge in [0, 0.05) is 27.3 Å². The zero-order chi connectivity index (χ0) is 13.8. The van der Waals surface area contributed by atoms with Gasteiger partial charge in [-0.15, -0.1) is 0 Å². The summed E-state index contributed by atoms with van der Waals surface area (Å²) in [6, 6.07) is 5.78. The van der Waals surface area contributed by atoms with Gasteiger partial charge < -0.3 is 9.80 Å². The lowest BCUT2D eigenvalue weighted by Crippen LogP contribution is -2.22. The second kappa shape index (κ2) is 5.79. The average molecular weight is 279 g/mol. The molecule has 0 spiro atoms. The largest absolute Gasteiger partial charge is 0.347 e. The summed E-state index contributed by atoms with van der Waals surface area (Å²) in [7, 11) is 5.60. The van der Waals surface area contributed by atoms with Gasteiger partial charge in [0.15, 0.2) is 0 Å². The Morgan fingerprint density at radius 1 is 1.05 bits per heavy atom. The van der Waals surface area contributed by atoms with E-state index in [-0.39, 0.29) is 5.28 Å². The molecule has 0 radical (unpaired) electrons. The maximum Gasteiger partial charge on any atom is 0.231 e.